The van der Waals surface area contributed by atoms with Crippen molar-refractivity contribution in [3.8, 4) is 0 Å². The highest BCUT2D eigenvalue weighted by molar-refractivity contribution is 6.59. The van der Waals surface area contributed by atoms with Crippen LogP contribution in [-0.2, 0) is 4.74 Å². The Morgan fingerprint density at radius 2 is 1.94 bits per heavy atom. The Morgan fingerprint density at radius 3 is 2.31 bits per heavy atom. The van der Waals surface area contributed by atoms with Crippen LogP contribution in [0.5, 0.6) is 0 Å². The number of aromatic nitrogens is 1. The molecule has 88 valence electrons. The summed E-state index contributed by atoms with van der Waals surface area (Å²) in [5.74, 6) is 0. The fourth-order valence-electron chi connectivity index (χ4n) is 1.26. The van der Waals surface area contributed by atoms with Gasteiger partial charge in [-0.1, -0.05) is 0 Å². The van der Waals surface area contributed by atoms with Gasteiger partial charge < -0.3 is 14.8 Å². The standard InChI is InChI=1S/C10H16BNO4/c1-7-5-12(6-8(7)11(14)15)9(13)16-10(2,3)4/h5-6,14-15H,1-4H3. The van der Waals surface area contributed by atoms with E-state index in [0.717, 1.165) is 0 Å². The van der Waals surface area contributed by atoms with Crippen LogP contribution in [-0.4, -0.2) is 33.4 Å². The summed E-state index contributed by atoms with van der Waals surface area (Å²) < 4.78 is 6.34. The van der Waals surface area contributed by atoms with E-state index in [9.17, 15) is 4.79 Å². The second-order valence-corrected chi connectivity index (χ2v) is 4.66. The summed E-state index contributed by atoms with van der Waals surface area (Å²) in [5.41, 5.74) is 0.347. The van der Waals surface area contributed by atoms with Gasteiger partial charge in [0.2, 0.25) is 0 Å². The fourth-order valence-corrected chi connectivity index (χ4v) is 1.26. The van der Waals surface area contributed by atoms with Crippen LogP contribution < -0.4 is 5.46 Å². The molecule has 0 aliphatic carbocycles. The van der Waals surface area contributed by atoms with E-state index in [-0.39, 0.29) is 0 Å². The predicted molar refractivity (Wildman–Crippen MR) is 60.6 cm³/mol. The van der Waals surface area contributed by atoms with Gasteiger partial charge in [-0.3, -0.25) is 4.57 Å². The van der Waals surface area contributed by atoms with Crippen LogP contribution in [0.25, 0.3) is 0 Å². The molecule has 16 heavy (non-hydrogen) atoms. The molecule has 1 heterocycles. The molecular weight excluding hydrogens is 209 g/mol. The quantitative estimate of drug-likeness (QED) is 0.672. The molecular formula is C10H16BNO4. The first-order valence-corrected chi connectivity index (χ1v) is 4.98. The largest absolute Gasteiger partial charge is 0.490 e. The number of nitrogens with zero attached hydrogens (tertiary/aromatic N) is 1. The molecule has 0 radical (unpaired) electrons. The Bertz CT molecular complexity index is 392. The van der Waals surface area contributed by atoms with Crippen molar-refractivity contribution < 1.29 is 19.6 Å². The molecule has 0 atom stereocenters. The molecule has 0 aliphatic heterocycles. The van der Waals surface area contributed by atoms with E-state index in [1.807, 2.05) is 0 Å². The molecule has 0 aromatic carbocycles. The molecule has 0 fully saturated rings. The first-order chi connectivity index (χ1) is 7.20. The zero-order valence-electron chi connectivity index (χ0n) is 9.89. The van der Waals surface area contributed by atoms with Gasteiger partial charge in [-0.05, 0) is 33.3 Å². The van der Waals surface area contributed by atoms with Crippen LogP contribution >= 0.6 is 0 Å². The molecule has 0 saturated carbocycles. The van der Waals surface area contributed by atoms with Crippen LogP contribution in [0.15, 0.2) is 12.4 Å². The number of aryl methyl sites for hydroxylation is 1. The molecule has 0 spiro atoms. The van der Waals surface area contributed by atoms with E-state index in [4.69, 9.17) is 14.8 Å². The lowest BCUT2D eigenvalue weighted by molar-refractivity contribution is 0.0537. The third kappa shape index (κ3) is 3.11. The third-order valence-electron chi connectivity index (χ3n) is 1.95. The van der Waals surface area contributed by atoms with Crippen LogP contribution in [0.2, 0.25) is 0 Å². The summed E-state index contributed by atoms with van der Waals surface area (Å²) in [6.07, 6.45) is 2.32. The van der Waals surface area contributed by atoms with Crippen LogP contribution in [0.4, 0.5) is 4.79 Å². The van der Waals surface area contributed by atoms with Crippen molar-refractivity contribution in [1.82, 2.24) is 4.57 Å². The topological polar surface area (TPSA) is 71.7 Å². The molecule has 0 amide bonds. The Morgan fingerprint density at radius 1 is 1.38 bits per heavy atom. The van der Waals surface area contributed by atoms with Gasteiger partial charge >= 0.3 is 13.2 Å². The molecule has 5 nitrogen and oxygen atoms in total. The zero-order chi connectivity index (χ0) is 12.5. The SMILES string of the molecule is Cc1cn(C(=O)OC(C)(C)C)cc1B(O)O. The monoisotopic (exact) mass is 225 g/mol. The Labute approximate surface area is 94.8 Å². The normalized spacial score (nSPS) is 11.4. The summed E-state index contributed by atoms with van der Waals surface area (Å²) in [5, 5.41) is 18.0. The Kier molecular flexibility index (Phi) is 3.45. The fraction of sp³-hybridized carbons (Fsp3) is 0.500. The van der Waals surface area contributed by atoms with Crippen molar-refractivity contribution >= 4 is 18.7 Å². The second kappa shape index (κ2) is 4.31. The average molecular weight is 225 g/mol. The molecule has 1 rings (SSSR count). The predicted octanol–water partition coefficient (Wildman–Crippen LogP) is 0.260. The summed E-state index contributed by atoms with van der Waals surface area (Å²) >= 11 is 0. The third-order valence-corrected chi connectivity index (χ3v) is 1.95. The average Bonchev–Trinajstić information content (AvgIpc) is 2.44. The van der Waals surface area contributed by atoms with Gasteiger partial charge in [0, 0.05) is 17.9 Å². The molecule has 1 aromatic heterocycles. The van der Waals surface area contributed by atoms with E-state index in [0.29, 0.717) is 11.0 Å². The van der Waals surface area contributed by atoms with Crippen molar-refractivity contribution in [2.24, 2.45) is 0 Å². The van der Waals surface area contributed by atoms with Crippen LogP contribution in [0, 0.1) is 6.92 Å². The van der Waals surface area contributed by atoms with Crippen molar-refractivity contribution in [2.45, 2.75) is 33.3 Å². The highest BCUT2D eigenvalue weighted by Crippen LogP contribution is 2.09. The maximum absolute atomic E-state index is 11.6. The highest BCUT2D eigenvalue weighted by atomic mass is 16.6. The number of ether oxygens (including phenoxy) is 1. The van der Waals surface area contributed by atoms with Gasteiger partial charge in [0.15, 0.2) is 0 Å². The first-order valence-electron chi connectivity index (χ1n) is 4.98. The lowest BCUT2D eigenvalue weighted by atomic mass is 9.80. The van der Waals surface area contributed by atoms with Gasteiger partial charge in [0.05, 0.1) is 0 Å². The van der Waals surface area contributed by atoms with Gasteiger partial charge in [0.25, 0.3) is 0 Å². The minimum atomic E-state index is -1.58. The van der Waals surface area contributed by atoms with Gasteiger partial charge in [0.1, 0.15) is 5.60 Å². The first kappa shape index (κ1) is 12.8. The molecule has 0 bridgehead atoms. The Balaban J connectivity index is 2.90. The molecule has 0 saturated heterocycles. The van der Waals surface area contributed by atoms with Crippen LogP contribution in [0.1, 0.15) is 26.3 Å². The summed E-state index contributed by atoms with van der Waals surface area (Å²) in [6.45, 7) is 6.99. The van der Waals surface area contributed by atoms with Crippen molar-refractivity contribution in [1.29, 1.82) is 0 Å². The summed E-state index contributed by atoms with van der Waals surface area (Å²) in [6, 6.07) is 0. The molecule has 6 heteroatoms. The molecule has 0 unspecified atom stereocenters. The summed E-state index contributed by atoms with van der Waals surface area (Å²) in [4.78, 5) is 11.6. The number of carbonyl (C=O) groups is 1. The minimum Gasteiger partial charge on any atom is -0.443 e. The van der Waals surface area contributed by atoms with E-state index >= 15 is 0 Å². The molecule has 0 aliphatic rings. The van der Waals surface area contributed by atoms with E-state index in [2.05, 4.69) is 0 Å². The maximum atomic E-state index is 11.6. The van der Waals surface area contributed by atoms with Crippen molar-refractivity contribution in [3.05, 3.63) is 18.0 Å². The molecule has 2 N–H and O–H groups in total. The van der Waals surface area contributed by atoms with Crippen LogP contribution in [0.3, 0.4) is 0 Å². The second-order valence-electron chi connectivity index (χ2n) is 4.66. The van der Waals surface area contributed by atoms with E-state index in [1.54, 1.807) is 27.7 Å². The number of carbonyl (C=O) groups excluding carboxylic acids is 1. The summed E-state index contributed by atoms with van der Waals surface area (Å²) in [7, 11) is -1.58. The van der Waals surface area contributed by atoms with Gasteiger partial charge in [-0.15, -0.1) is 0 Å². The number of rotatable bonds is 1. The number of hydrogen-bond acceptors (Lipinski definition) is 4. The maximum Gasteiger partial charge on any atom is 0.490 e. The Hall–Kier alpha value is -1.27. The van der Waals surface area contributed by atoms with E-state index in [1.165, 1.54) is 17.0 Å². The van der Waals surface area contributed by atoms with Gasteiger partial charge in [-0.25, -0.2) is 4.79 Å². The minimum absolute atomic E-state index is 0.297. The highest BCUT2D eigenvalue weighted by Gasteiger charge is 2.21. The lowest BCUT2D eigenvalue weighted by Crippen LogP contribution is -2.31. The smallest absolute Gasteiger partial charge is 0.443 e. The van der Waals surface area contributed by atoms with Crippen molar-refractivity contribution in [2.75, 3.05) is 0 Å². The van der Waals surface area contributed by atoms with Gasteiger partial charge in [-0.2, -0.15) is 0 Å². The lowest BCUT2D eigenvalue weighted by Gasteiger charge is -2.19. The number of hydrogen-bond donors (Lipinski definition) is 2. The van der Waals surface area contributed by atoms with E-state index < -0.39 is 18.8 Å². The zero-order valence-corrected chi connectivity index (χ0v) is 9.89. The van der Waals surface area contributed by atoms with Crippen molar-refractivity contribution in [3.63, 3.8) is 0 Å². The molecule has 1 aromatic rings.